The second-order valence-electron chi connectivity index (χ2n) is 6.36. The summed E-state index contributed by atoms with van der Waals surface area (Å²) in [5, 5.41) is 13.0. The fourth-order valence-electron chi connectivity index (χ4n) is 2.27. The number of nitrogens with one attached hydrogen (secondary N) is 1. The van der Waals surface area contributed by atoms with Crippen molar-refractivity contribution in [2.75, 3.05) is 19.6 Å². The Hall–Kier alpha value is -0.610. The van der Waals surface area contributed by atoms with Gasteiger partial charge in [0, 0.05) is 6.54 Å². The zero-order valence-electron chi connectivity index (χ0n) is 12.9. The number of hydrogen-bond donors (Lipinski definition) is 2. The molecule has 4 nitrogen and oxygen atoms in total. The number of aliphatic hydroxyl groups is 1. The molecule has 1 aliphatic rings. The highest BCUT2D eigenvalue weighted by atomic mass is 16.3. The highest BCUT2D eigenvalue weighted by molar-refractivity contribution is 5.81. The van der Waals surface area contributed by atoms with Crippen molar-refractivity contribution in [1.82, 2.24) is 10.2 Å². The van der Waals surface area contributed by atoms with Gasteiger partial charge in [-0.2, -0.15) is 0 Å². The summed E-state index contributed by atoms with van der Waals surface area (Å²) < 4.78 is 0. The minimum atomic E-state index is -0.839. The Labute approximate surface area is 117 Å². The maximum absolute atomic E-state index is 12.2. The summed E-state index contributed by atoms with van der Waals surface area (Å²) in [6.45, 7) is 10.0. The van der Waals surface area contributed by atoms with Crippen LogP contribution in [0, 0.1) is 5.92 Å². The second-order valence-corrected chi connectivity index (χ2v) is 6.36. The molecule has 1 rings (SSSR count). The molecule has 1 fully saturated rings. The maximum Gasteiger partial charge on any atom is 0.237 e. The lowest BCUT2D eigenvalue weighted by Crippen LogP contribution is -2.50. The lowest BCUT2D eigenvalue weighted by atomic mass is 9.92. The van der Waals surface area contributed by atoms with Crippen molar-refractivity contribution >= 4 is 5.91 Å². The molecule has 1 heterocycles. The monoisotopic (exact) mass is 270 g/mol. The first kappa shape index (κ1) is 16.4. The smallest absolute Gasteiger partial charge is 0.237 e. The van der Waals surface area contributed by atoms with Gasteiger partial charge in [0.15, 0.2) is 0 Å². The molecule has 0 bridgehead atoms. The molecule has 2 N–H and O–H groups in total. The summed E-state index contributed by atoms with van der Waals surface area (Å²) in [5.41, 5.74) is -0.839. The van der Waals surface area contributed by atoms with Crippen LogP contribution in [0.15, 0.2) is 0 Å². The van der Waals surface area contributed by atoms with E-state index in [4.69, 9.17) is 0 Å². The van der Waals surface area contributed by atoms with Crippen LogP contribution in [-0.2, 0) is 4.79 Å². The third-order valence-corrected chi connectivity index (χ3v) is 4.43. The number of nitrogens with zero attached hydrogens (tertiary/aromatic N) is 1. The first-order valence-electron chi connectivity index (χ1n) is 7.58. The molecule has 0 aliphatic carbocycles. The van der Waals surface area contributed by atoms with Gasteiger partial charge in [0.25, 0.3) is 0 Å². The van der Waals surface area contributed by atoms with E-state index in [9.17, 15) is 9.90 Å². The molecule has 0 radical (unpaired) electrons. The Morgan fingerprint density at radius 1 is 1.21 bits per heavy atom. The predicted octanol–water partition coefficient (Wildman–Crippen LogP) is 1.77. The van der Waals surface area contributed by atoms with Crippen LogP contribution < -0.4 is 5.32 Å². The number of hydrogen-bond acceptors (Lipinski definition) is 3. The van der Waals surface area contributed by atoms with Gasteiger partial charge in [0.05, 0.1) is 11.6 Å². The van der Waals surface area contributed by atoms with Gasteiger partial charge in [-0.15, -0.1) is 0 Å². The van der Waals surface area contributed by atoms with Crippen LogP contribution in [0.25, 0.3) is 0 Å². The minimum absolute atomic E-state index is 0.0304. The third kappa shape index (κ3) is 5.11. The van der Waals surface area contributed by atoms with Crippen molar-refractivity contribution in [1.29, 1.82) is 0 Å². The summed E-state index contributed by atoms with van der Waals surface area (Å²) in [7, 11) is 0. The van der Waals surface area contributed by atoms with Crippen molar-refractivity contribution in [2.24, 2.45) is 5.92 Å². The Bertz CT molecular complexity index is 282. The van der Waals surface area contributed by atoms with E-state index in [0.29, 0.717) is 6.54 Å². The standard InChI is InChI=1S/C15H30N2O2/c1-12(2)15(4,19)11-16-14(18)13(3)17-9-7-5-6-8-10-17/h12-13,19H,5-11H2,1-4H3,(H,16,18)/t13-,15+/m0/s1. The molecule has 19 heavy (non-hydrogen) atoms. The van der Waals surface area contributed by atoms with Gasteiger partial charge in [0.2, 0.25) is 5.91 Å². The molecule has 0 unspecified atom stereocenters. The SMILES string of the molecule is CC(C)[C@](C)(O)CNC(=O)[C@H](C)N1CCCCCC1. The Morgan fingerprint density at radius 2 is 1.74 bits per heavy atom. The van der Waals surface area contributed by atoms with Gasteiger partial charge in [-0.25, -0.2) is 0 Å². The van der Waals surface area contributed by atoms with Crippen LogP contribution in [-0.4, -0.2) is 47.2 Å². The van der Waals surface area contributed by atoms with Crippen LogP contribution in [0.1, 0.15) is 53.4 Å². The van der Waals surface area contributed by atoms with E-state index in [1.165, 1.54) is 25.7 Å². The average Bonchev–Trinajstić information content (AvgIpc) is 2.63. The van der Waals surface area contributed by atoms with Crippen LogP contribution in [0.2, 0.25) is 0 Å². The fourth-order valence-corrected chi connectivity index (χ4v) is 2.27. The van der Waals surface area contributed by atoms with Crippen molar-refractivity contribution < 1.29 is 9.90 Å². The zero-order chi connectivity index (χ0) is 14.5. The quantitative estimate of drug-likeness (QED) is 0.800. The number of amides is 1. The fraction of sp³-hybridized carbons (Fsp3) is 0.933. The van der Waals surface area contributed by atoms with Crippen molar-refractivity contribution in [3.05, 3.63) is 0 Å². The highest BCUT2D eigenvalue weighted by Gasteiger charge is 2.28. The molecule has 0 aromatic rings. The normalized spacial score (nSPS) is 22.6. The van der Waals surface area contributed by atoms with Crippen LogP contribution in [0.4, 0.5) is 0 Å². The Balaban J connectivity index is 2.43. The molecule has 0 spiro atoms. The van der Waals surface area contributed by atoms with Crippen LogP contribution >= 0.6 is 0 Å². The molecule has 0 aromatic heterocycles. The van der Waals surface area contributed by atoms with Crippen molar-refractivity contribution in [2.45, 2.75) is 65.0 Å². The number of carbonyl (C=O) groups excluding carboxylic acids is 1. The predicted molar refractivity (Wildman–Crippen MR) is 78.0 cm³/mol. The molecular formula is C15H30N2O2. The van der Waals surface area contributed by atoms with Gasteiger partial charge >= 0.3 is 0 Å². The highest BCUT2D eigenvalue weighted by Crippen LogP contribution is 2.15. The molecule has 1 saturated heterocycles. The van der Waals surface area contributed by atoms with E-state index in [1.54, 1.807) is 6.92 Å². The molecule has 2 atom stereocenters. The third-order valence-electron chi connectivity index (χ3n) is 4.43. The van der Waals surface area contributed by atoms with Crippen LogP contribution in [0.5, 0.6) is 0 Å². The lowest BCUT2D eigenvalue weighted by Gasteiger charge is -2.31. The molecule has 1 aliphatic heterocycles. The van der Waals surface area contributed by atoms with E-state index in [1.807, 2.05) is 20.8 Å². The van der Waals surface area contributed by atoms with Crippen molar-refractivity contribution in [3.8, 4) is 0 Å². The first-order valence-corrected chi connectivity index (χ1v) is 7.58. The summed E-state index contributed by atoms with van der Waals surface area (Å²) in [6.07, 6.45) is 4.91. The van der Waals surface area contributed by atoms with Gasteiger partial charge in [0.1, 0.15) is 0 Å². The summed E-state index contributed by atoms with van der Waals surface area (Å²) >= 11 is 0. The number of carbonyl (C=O) groups is 1. The Kier molecular flexibility index (Phi) is 6.27. The summed E-state index contributed by atoms with van der Waals surface area (Å²) in [6, 6.07) is -0.0962. The van der Waals surface area contributed by atoms with Crippen molar-refractivity contribution in [3.63, 3.8) is 0 Å². The van der Waals surface area contributed by atoms with Gasteiger partial charge in [-0.05, 0) is 45.7 Å². The second kappa shape index (κ2) is 7.25. The van der Waals surface area contributed by atoms with E-state index in [2.05, 4.69) is 10.2 Å². The largest absolute Gasteiger partial charge is 0.388 e. The lowest BCUT2D eigenvalue weighted by molar-refractivity contribution is -0.127. The summed E-state index contributed by atoms with van der Waals surface area (Å²) in [4.78, 5) is 14.4. The van der Waals surface area contributed by atoms with E-state index >= 15 is 0 Å². The zero-order valence-corrected chi connectivity index (χ0v) is 12.9. The molecule has 112 valence electrons. The number of rotatable bonds is 5. The Morgan fingerprint density at radius 3 is 2.21 bits per heavy atom. The van der Waals surface area contributed by atoms with E-state index in [-0.39, 0.29) is 17.9 Å². The molecule has 0 saturated carbocycles. The first-order chi connectivity index (χ1) is 8.84. The van der Waals surface area contributed by atoms with Crippen LogP contribution in [0.3, 0.4) is 0 Å². The number of likely N-dealkylation sites (tertiary alicyclic amines) is 1. The van der Waals surface area contributed by atoms with E-state index < -0.39 is 5.60 Å². The molecule has 1 amide bonds. The van der Waals surface area contributed by atoms with Gasteiger partial charge in [-0.3, -0.25) is 9.69 Å². The molecule has 4 heteroatoms. The maximum atomic E-state index is 12.2. The average molecular weight is 270 g/mol. The van der Waals surface area contributed by atoms with Gasteiger partial charge in [-0.1, -0.05) is 26.7 Å². The topological polar surface area (TPSA) is 52.6 Å². The van der Waals surface area contributed by atoms with Gasteiger partial charge < -0.3 is 10.4 Å². The summed E-state index contributed by atoms with van der Waals surface area (Å²) in [5.74, 6) is 0.157. The molecular weight excluding hydrogens is 240 g/mol. The minimum Gasteiger partial charge on any atom is -0.388 e. The van der Waals surface area contributed by atoms with E-state index in [0.717, 1.165) is 13.1 Å². The molecule has 0 aromatic carbocycles.